The van der Waals surface area contributed by atoms with Crippen LogP contribution in [-0.2, 0) is 6.54 Å². The SMILES string of the molecule is O=C(O)c1ccc(F)c(CN2CCN(C3CC3)CC2)c1. The Bertz CT molecular complexity index is 509. The molecule has 0 aromatic heterocycles. The third-order valence-corrected chi connectivity index (χ3v) is 4.16. The number of aromatic carboxylic acids is 1. The van der Waals surface area contributed by atoms with Crippen LogP contribution >= 0.6 is 0 Å². The maximum absolute atomic E-state index is 13.8. The lowest BCUT2D eigenvalue weighted by atomic mass is 10.1. The molecule has 1 heterocycles. The van der Waals surface area contributed by atoms with Gasteiger partial charge in [-0.15, -0.1) is 0 Å². The number of benzene rings is 1. The summed E-state index contributed by atoms with van der Waals surface area (Å²) in [5.41, 5.74) is 0.628. The largest absolute Gasteiger partial charge is 0.478 e. The minimum atomic E-state index is -1.01. The van der Waals surface area contributed by atoms with Gasteiger partial charge < -0.3 is 5.11 Å². The zero-order valence-corrected chi connectivity index (χ0v) is 11.4. The summed E-state index contributed by atoms with van der Waals surface area (Å²) in [5.74, 6) is -1.33. The first-order chi connectivity index (χ1) is 9.63. The van der Waals surface area contributed by atoms with E-state index in [1.54, 1.807) is 0 Å². The Labute approximate surface area is 117 Å². The topological polar surface area (TPSA) is 43.8 Å². The van der Waals surface area contributed by atoms with E-state index in [0.717, 1.165) is 32.2 Å². The molecule has 108 valence electrons. The van der Waals surface area contributed by atoms with Crippen LogP contribution in [0.5, 0.6) is 0 Å². The van der Waals surface area contributed by atoms with Crippen molar-refractivity contribution in [2.24, 2.45) is 0 Å². The summed E-state index contributed by atoms with van der Waals surface area (Å²) in [4.78, 5) is 15.6. The molecule has 20 heavy (non-hydrogen) atoms. The number of nitrogens with zero attached hydrogens (tertiary/aromatic N) is 2. The van der Waals surface area contributed by atoms with Crippen molar-refractivity contribution in [1.29, 1.82) is 0 Å². The molecule has 1 aliphatic carbocycles. The van der Waals surface area contributed by atoms with Gasteiger partial charge in [-0.2, -0.15) is 0 Å². The van der Waals surface area contributed by atoms with Crippen molar-refractivity contribution in [3.63, 3.8) is 0 Å². The summed E-state index contributed by atoms with van der Waals surface area (Å²) in [6, 6.07) is 4.79. The molecule has 1 N–H and O–H groups in total. The molecule has 1 saturated carbocycles. The van der Waals surface area contributed by atoms with Crippen LogP contribution in [0.15, 0.2) is 18.2 Å². The predicted octanol–water partition coefficient (Wildman–Crippen LogP) is 1.80. The molecular formula is C15H19FN2O2. The number of hydrogen-bond acceptors (Lipinski definition) is 3. The molecule has 0 radical (unpaired) electrons. The van der Waals surface area contributed by atoms with Crippen LogP contribution in [0.25, 0.3) is 0 Å². The van der Waals surface area contributed by atoms with E-state index in [9.17, 15) is 9.18 Å². The van der Waals surface area contributed by atoms with Crippen LogP contribution in [0, 0.1) is 5.82 Å². The molecule has 1 aromatic rings. The number of carbonyl (C=O) groups is 1. The van der Waals surface area contributed by atoms with Gasteiger partial charge in [-0.25, -0.2) is 9.18 Å². The Hall–Kier alpha value is -1.46. The van der Waals surface area contributed by atoms with Gasteiger partial charge in [0.15, 0.2) is 0 Å². The molecular weight excluding hydrogens is 259 g/mol. The third-order valence-electron chi connectivity index (χ3n) is 4.16. The van der Waals surface area contributed by atoms with Gasteiger partial charge in [0.25, 0.3) is 0 Å². The highest BCUT2D eigenvalue weighted by molar-refractivity contribution is 5.87. The van der Waals surface area contributed by atoms with E-state index in [-0.39, 0.29) is 11.4 Å². The van der Waals surface area contributed by atoms with Crippen molar-refractivity contribution in [1.82, 2.24) is 9.80 Å². The normalized spacial score (nSPS) is 21.1. The highest BCUT2D eigenvalue weighted by atomic mass is 19.1. The molecule has 0 atom stereocenters. The van der Waals surface area contributed by atoms with E-state index < -0.39 is 5.97 Å². The van der Waals surface area contributed by atoms with Crippen LogP contribution in [0.4, 0.5) is 4.39 Å². The summed E-state index contributed by atoms with van der Waals surface area (Å²) in [5, 5.41) is 8.97. The lowest BCUT2D eigenvalue weighted by molar-refractivity contribution is 0.0696. The molecule has 1 aliphatic heterocycles. The first-order valence-corrected chi connectivity index (χ1v) is 7.11. The summed E-state index contributed by atoms with van der Waals surface area (Å²) >= 11 is 0. The van der Waals surface area contributed by atoms with Gasteiger partial charge in [0.1, 0.15) is 5.82 Å². The van der Waals surface area contributed by atoms with Gasteiger partial charge in [-0.05, 0) is 31.0 Å². The average molecular weight is 278 g/mol. The predicted molar refractivity (Wildman–Crippen MR) is 73.2 cm³/mol. The third kappa shape index (κ3) is 2.99. The molecule has 1 aromatic carbocycles. The van der Waals surface area contributed by atoms with E-state index in [4.69, 9.17) is 5.11 Å². The molecule has 5 heteroatoms. The van der Waals surface area contributed by atoms with Crippen LogP contribution in [0.2, 0.25) is 0 Å². The number of halogens is 1. The zero-order chi connectivity index (χ0) is 14.1. The van der Waals surface area contributed by atoms with Crippen LogP contribution < -0.4 is 0 Å². The monoisotopic (exact) mass is 278 g/mol. The average Bonchev–Trinajstić information content (AvgIpc) is 3.26. The summed E-state index contributed by atoms with van der Waals surface area (Å²) < 4.78 is 13.8. The minimum Gasteiger partial charge on any atom is -0.478 e. The first kappa shape index (κ1) is 13.5. The van der Waals surface area contributed by atoms with Crippen molar-refractivity contribution in [2.75, 3.05) is 26.2 Å². The van der Waals surface area contributed by atoms with E-state index in [0.29, 0.717) is 12.1 Å². The van der Waals surface area contributed by atoms with Gasteiger partial charge in [-0.1, -0.05) is 0 Å². The van der Waals surface area contributed by atoms with Gasteiger partial charge in [0.2, 0.25) is 0 Å². The fourth-order valence-corrected chi connectivity index (χ4v) is 2.80. The highest BCUT2D eigenvalue weighted by Crippen LogP contribution is 2.27. The molecule has 0 amide bonds. The molecule has 2 aliphatic rings. The number of rotatable bonds is 4. The van der Waals surface area contributed by atoms with Gasteiger partial charge in [-0.3, -0.25) is 9.80 Å². The fourth-order valence-electron chi connectivity index (χ4n) is 2.80. The van der Waals surface area contributed by atoms with E-state index in [1.165, 1.54) is 31.0 Å². The smallest absolute Gasteiger partial charge is 0.335 e. The Morgan fingerprint density at radius 1 is 1.25 bits per heavy atom. The standard InChI is InChI=1S/C15H19FN2O2/c16-14-4-1-11(15(19)20)9-12(14)10-17-5-7-18(8-6-17)13-2-3-13/h1,4,9,13H,2-3,5-8,10H2,(H,19,20). The molecule has 1 saturated heterocycles. The summed E-state index contributed by atoms with van der Waals surface area (Å²) in [7, 11) is 0. The second-order valence-electron chi connectivity index (χ2n) is 5.65. The maximum Gasteiger partial charge on any atom is 0.335 e. The molecule has 0 bridgehead atoms. The second-order valence-corrected chi connectivity index (χ2v) is 5.65. The lowest BCUT2D eigenvalue weighted by Gasteiger charge is -2.34. The number of carboxylic acid groups (broad SMARTS) is 1. The quantitative estimate of drug-likeness (QED) is 0.912. The first-order valence-electron chi connectivity index (χ1n) is 7.11. The van der Waals surface area contributed by atoms with Crippen molar-refractivity contribution >= 4 is 5.97 Å². The number of hydrogen-bond donors (Lipinski definition) is 1. The number of carboxylic acids is 1. The van der Waals surface area contributed by atoms with E-state index in [2.05, 4.69) is 9.80 Å². The van der Waals surface area contributed by atoms with Crippen molar-refractivity contribution < 1.29 is 14.3 Å². The summed E-state index contributed by atoms with van der Waals surface area (Å²) in [6.07, 6.45) is 2.63. The Morgan fingerprint density at radius 3 is 2.55 bits per heavy atom. The van der Waals surface area contributed by atoms with Crippen LogP contribution in [0.3, 0.4) is 0 Å². The Kier molecular flexibility index (Phi) is 3.72. The Balaban J connectivity index is 1.62. The molecule has 0 spiro atoms. The molecule has 3 rings (SSSR count). The fraction of sp³-hybridized carbons (Fsp3) is 0.533. The van der Waals surface area contributed by atoms with Gasteiger partial charge >= 0.3 is 5.97 Å². The van der Waals surface area contributed by atoms with Gasteiger partial charge in [0, 0.05) is 44.3 Å². The zero-order valence-electron chi connectivity index (χ0n) is 11.4. The van der Waals surface area contributed by atoms with Crippen molar-refractivity contribution in [3.8, 4) is 0 Å². The van der Waals surface area contributed by atoms with Crippen LogP contribution in [0.1, 0.15) is 28.8 Å². The molecule has 4 nitrogen and oxygen atoms in total. The summed E-state index contributed by atoms with van der Waals surface area (Å²) in [6.45, 7) is 4.40. The second kappa shape index (κ2) is 5.50. The minimum absolute atomic E-state index is 0.151. The number of piperazine rings is 1. The van der Waals surface area contributed by atoms with E-state index >= 15 is 0 Å². The van der Waals surface area contributed by atoms with Crippen molar-refractivity contribution in [2.45, 2.75) is 25.4 Å². The van der Waals surface area contributed by atoms with Crippen molar-refractivity contribution in [3.05, 3.63) is 35.1 Å². The molecule has 0 unspecified atom stereocenters. The van der Waals surface area contributed by atoms with E-state index in [1.807, 2.05) is 0 Å². The lowest BCUT2D eigenvalue weighted by Crippen LogP contribution is -2.46. The highest BCUT2D eigenvalue weighted by Gasteiger charge is 2.31. The Morgan fingerprint density at radius 2 is 1.95 bits per heavy atom. The van der Waals surface area contributed by atoms with Gasteiger partial charge in [0.05, 0.1) is 5.56 Å². The molecule has 2 fully saturated rings. The maximum atomic E-state index is 13.8. The van der Waals surface area contributed by atoms with Crippen LogP contribution in [-0.4, -0.2) is 53.1 Å².